The second-order valence-electron chi connectivity index (χ2n) is 27.8. The van der Waals surface area contributed by atoms with Gasteiger partial charge in [0.15, 0.2) is 0 Å². The lowest BCUT2D eigenvalue weighted by atomic mass is 10.0. The Hall–Kier alpha value is -1.14. The number of hydrogen-bond acceptors (Lipinski definition) is 5. The Bertz CT molecular complexity index is 1240. The monoisotopic (exact) mass is 1200 g/mol. The first kappa shape index (κ1) is 83.9. The van der Waals surface area contributed by atoms with Crippen molar-refractivity contribution in [2.24, 2.45) is 0 Å². The highest BCUT2D eigenvalue weighted by Crippen LogP contribution is 2.21. The van der Waals surface area contributed by atoms with E-state index in [0.717, 1.165) is 38.5 Å². The Morgan fingerprint density at radius 2 is 0.482 bits per heavy atom. The number of nitrogens with one attached hydrogen (secondary N) is 1. The molecule has 0 saturated heterocycles. The molecule has 6 nitrogen and oxygen atoms in total. The van der Waals surface area contributed by atoms with E-state index in [-0.39, 0.29) is 18.5 Å². The quantitative estimate of drug-likeness (QED) is 0.0417. The fourth-order valence-corrected chi connectivity index (χ4v) is 13.1. The van der Waals surface area contributed by atoms with E-state index >= 15 is 0 Å². The Balaban J connectivity index is 3.25. The molecule has 0 aromatic rings. The van der Waals surface area contributed by atoms with Gasteiger partial charge in [-0.15, -0.1) is 0 Å². The highest BCUT2D eigenvalue weighted by molar-refractivity contribution is 5.76. The lowest BCUT2D eigenvalue weighted by Gasteiger charge is -2.22. The number of rotatable bonds is 76. The van der Waals surface area contributed by atoms with E-state index in [2.05, 4.69) is 19.2 Å². The molecule has 0 aliphatic carbocycles. The zero-order chi connectivity index (χ0) is 61.3. The third kappa shape index (κ3) is 71.8. The molecule has 3 N–H and O–H groups in total. The summed E-state index contributed by atoms with van der Waals surface area (Å²) in [5.41, 5.74) is 0. The molecule has 0 saturated carbocycles. The lowest BCUT2D eigenvalue weighted by Crippen LogP contribution is -2.45. The van der Waals surface area contributed by atoms with Gasteiger partial charge in [0.05, 0.1) is 25.4 Å². The number of ether oxygens (including phenoxy) is 1. The number of carbonyl (C=O) groups excluding carboxylic acids is 2. The molecule has 0 fully saturated rings. The first-order valence-corrected chi connectivity index (χ1v) is 39.8. The van der Waals surface area contributed by atoms with Crippen LogP contribution in [0.2, 0.25) is 0 Å². The van der Waals surface area contributed by atoms with Crippen molar-refractivity contribution in [1.29, 1.82) is 0 Å². The average molecular weight is 1200 g/mol. The topological polar surface area (TPSA) is 95.9 Å². The smallest absolute Gasteiger partial charge is 0.305 e. The van der Waals surface area contributed by atoms with Gasteiger partial charge in [-0.3, -0.25) is 9.59 Å². The van der Waals surface area contributed by atoms with Gasteiger partial charge in [0, 0.05) is 12.8 Å². The van der Waals surface area contributed by atoms with Crippen molar-refractivity contribution in [3.63, 3.8) is 0 Å². The molecule has 85 heavy (non-hydrogen) atoms. The van der Waals surface area contributed by atoms with Crippen LogP contribution in [0.3, 0.4) is 0 Å². The van der Waals surface area contributed by atoms with Gasteiger partial charge >= 0.3 is 5.97 Å². The van der Waals surface area contributed by atoms with Crippen molar-refractivity contribution < 1.29 is 24.5 Å². The van der Waals surface area contributed by atoms with Gasteiger partial charge < -0.3 is 20.3 Å². The Kier molecular flexibility index (Phi) is 74.3. The molecule has 6 heteroatoms. The number of esters is 1. The van der Waals surface area contributed by atoms with Gasteiger partial charge in [-0.05, 0) is 25.7 Å². The molecular weight excluding hydrogens is 1040 g/mol. The van der Waals surface area contributed by atoms with Crippen LogP contribution >= 0.6 is 0 Å². The second-order valence-corrected chi connectivity index (χ2v) is 27.8. The van der Waals surface area contributed by atoms with Crippen molar-refractivity contribution in [1.82, 2.24) is 5.32 Å². The average Bonchev–Trinajstić information content (AvgIpc) is 3.51. The summed E-state index contributed by atoms with van der Waals surface area (Å²) in [5.74, 6) is 0.00303. The van der Waals surface area contributed by atoms with Crippen molar-refractivity contribution >= 4 is 11.9 Å². The predicted molar refractivity (Wildman–Crippen MR) is 375 cm³/mol. The van der Waals surface area contributed by atoms with Crippen molar-refractivity contribution in [3.8, 4) is 0 Å². The predicted octanol–water partition coefficient (Wildman–Crippen LogP) is 26.1. The largest absolute Gasteiger partial charge is 0.466 e. The number of hydrogen-bond donors (Lipinski definition) is 3. The molecule has 0 heterocycles. The summed E-state index contributed by atoms with van der Waals surface area (Å²) in [7, 11) is 0. The second kappa shape index (κ2) is 75.3. The highest BCUT2D eigenvalue weighted by Gasteiger charge is 2.20. The molecule has 0 aromatic carbocycles. The number of carbonyl (C=O) groups is 2. The van der Waals surface area contributed by atoms with Crippen LogP contribution in [0.5, 0.6) is 0 Å². The Labute approximate surface area is 534 Å². The summed E-state index contributed by atoms with van der Waals surface area (Å²) in [6.45, 7) is 5.00. The third-order valence-corrected chi connectivity index (χ3v) is 19.2. The van der Waals surface area contributed by atoms with Crippen LogP contribution in [-0.4, -0.2) is 47.4 Å². The number of unbranched alkanes of at least 4 members (excludes halogenated alkanes) is 65. The van der Waals surface area contributed by atoms with Gasteiger partial charge in [0.1, 0.15) is 0 Å². The van der Waals surface area contributed by atoms with Gasteiger partial charge in [0.2, 0.25) is 5.91 Å². The zero-order valence-corrected chi connectivity index (χ0v) is 58.4. The fourth-order valence-electron chi connectivity index (χ4n) is 13.1. The molecule has 0 radical (unpaired) electrons. The van der Waals surface area contributed by atoms with E-state index in [9.17, 15) is 19.8 Å². The minimum atomic E-state index is -0.657. The molecule has 0 spiro atoms. The maximum atomic E-state index is 12.5. The van der Waals surface area contributed by atoms with E-state index in [1.54, 1.807) is 0 Å². The first-order chi connectivity index (χ1) is 42.0. The van der Waals surface area contributed by atoms with Crippen molar-refractivity contribution in [2.45, 2.75) is 482 Å². The molecule has 508 valence electrons. The van der Waals surface area contributed by atoms with E-state index in [1.807, 2.05) is 0 Å². The number of aliphatic hydroxyl groups is 2. The fraction of sp³-hybridized carbons (Fsp3) is 0.975. The summed E-state index contributed by atoms with van der Waals surface area (Å²) in [6, 6.07) is -0.534. The summed E-state index contributed by atoms with van der Waals surface area (Å²) in [6.07, 6.45) is 93.7. The lowest BCUT2D eigenvalue weighted by molar-refractivity contribution is -0.143. The van der Waals surface area contributed by atoms with Crippen LogP contribution < -0.4 is 5.32 Å². The molecule has 1 amide bonds. The molecular formula is C79H157NO5. The van der Waals surface area contributed by atoms with Crippen LogP contribution in [0.15, 0.2) is 0 Å². The van der Waals surface area contributed by atoms with Gasteiger partial charge in [-0.25, -0.2) is 0 Å². The molecule has 0 aliphatic rings. The van der Waals surface area contributed by atoms with E-state index in [0.29, 0.717) is 25.9 Å². The molecule has 2 atom stereocenters. The first-order valence-electron chi connectivity index (χ1n) is 39.8. The maximum Gasteiger partial charge on any atom is 0.305 e. The Morgan fingerprint density at radius 1 is 0.282 bits per heavy atom. The maximum absolute atomic E-state index is 12.5. The summed E-state index contributed by atoms with van der Waals surface area (Å²) < 4.78 is 5.52. The van der Waals surface area contributed by atoms with Crippen LogP contribution in [0.4, 0.5) is 0 Å². The van der Waals surface area contributed by atoms with Crippen LogP contribution in [0, 0.1) is 0 Å². The summed E-state index contributed by atoms with van der Waals surface area (Å²) in [4.78, 5) is 24.6. The number of amides is 1. The number of aliphatic hydroxyl groups excluding tert-OH is 2. The molecule has 0 aliphatic heterocycles. The van der Waals surface area contributed by atoms with Gasteiger partial charge in [-0.1, -0.05) is 431 Å². The molecule has 0 rings (SSSR count). The van der Waals surface area contributed by atoms with Crippen LogP contribution in [0.1, 0.15) is 470 Å². The van der Waals surface area contributed by atoms with Gasteiger partial charge in [-0.2, -0.15) is 0 Å². The summed E-state index contributed by atoms with van der Waals surface area (Å²) in [5, 5.41) is 23.3. The minimum Gasteiger partial charge on any atom is -0.466 e. The summed E-state index contributed by atoms with van der Waals surface area (Å²) >= 11 is 0. The normalized spacial score (nSPS) is 12.4. The SMILES string of the molecule is CCCCCCCCCCCCCCCCCCCCC(=O)OCCCCCCCCCCCCCCCCCCCCCCCCCCCCCCCCCCCCCCCCCC(=O)NC(CO)C(O)CCCCCCCCCCCCC. The highest BCUT2D eigenvalue weighted by atomic mass is 16.5. The van der Waals surface area contributed by atoms with E-state index < -0.39 is 12.1 Å². The minimum absolute atomic E-state index is 0.0268. The van der Waals surface area contributed by atoms with Crippen molar-refractivity contribution in [2.75, 3.05) is 13.2 Å². The van der Waals surface area contributed by atoms with E-state index in [4.69, 9.17) is 4.74 Å². The van der Waals surface area contributed by atoms with Gasteiger partial charge in [0.25, 0.3) is 0 Å². The van der Waals surface area contributed by atoms with E-state index in [1.165, 1.54) is 398 Å². The van der Waals surface area contributed by atoms with Crippen molar-refractivity contribution in [3.05, 3.63) is 0 Å². The van der Waals surface area contributed by atoms with Crippen LogP contribution in [-0.2, 0) is 14.3 Å². The standard InChI is InChI=1S/C79H157NO5/c1-3-5-7-9-11-13-15-16-17-18-43-46-49-53-57-61-65-69-73-79(84)85-74-70-66-62-58-54-50-47-44-41-39-37-35-33-31-29-27-25-23-21-19-20-22-24-26-28-30-32-34-36-38-40-42-45-48-52-56-60-64-68-72-78(83)80-76(75-81)77(82)71-67-63-59-55-51-14-12-10-8-6-4-2/h76-77,81-82H,3-75H2,1-2H3,(H,80,83). The third-order valence-electron chi connectivity index (χ3n) is 19.2. The van der Waals surface area contributed by atoms with Crippen LogP contribution in [0.25, 0.3) is 0 Å². The zero-order valence-electron chi connectivity index (χ0n) is 58.4. The molecule has 0 bridgehead atoms. The molecule has 0 aromatic heterocycles. The Morgan fingerprint density at radius 3 is 0.718 bits per heavy atom. The molecule has 2 unspecified atom stereocenters.